The van der Waals surface area contributed by atoms with Crippen molar-refractivity contribution in [3.8, 4) is 5.75 Å². The first-order chi connectivity index (χ1) is 14.1. The van der Waals surface area contributed by atoms with Crippen molar-refractivity contribution in [3.05, 3.63) is 88.2 Å². The lowest BCUT2D eigenvalue weighted by atomic mass is 10.1. The van der Waals surface area contributed by atoms with Crippen molar-refractivity contribution in [2.24, 2.45) is 0 Å². The summed E-state index contributed by atoms with van der Waals surface area (Å²) in [6.07, 6.45) is 4.08. The Balaban J connectivity index is 1.81. The van der Waals surface area contributed by atoms with Crippen LogP contribution in [0.3, 0.4) is 0 Å². The van der Waals surface area contributed by atoms with E-state index in [4.69, 9.17) is 4.74 Å². The van der Waals surface area contributed by atoms with E-state index in [0.717, 1.165) is 36.1 Å². The van der Waals surface area contributed by atoms with Gasteiger partial charge in [0, 0.05) is 29.5 Å². The minimum atomic E-state index is 0.00675. The molecule has 152 valence electrons. The summed E-state index contributed by atoms with van der Waals surface area (Å²) < 4.78 is 8.69. The number of aromatic nitrogens is 1. The summed E-state index contributed by atoms with van der Waals surface area (Å²) in [6.45, 7) is 4.21. The van der Waals surface area contributed by atoms with Crippen LogP contribution in [0.5, 0.6) is 5.75 Å². The summed E-state index contributed by atoms with van der Waals surface area (Å²) in [5, 5.41) is 0. The molecule has 0 aliphatic heterocycles. The van der Waals surface area contributed by atoms with Gasteiger partial charge in [0.15, 0.2) is 0 Å². The monoisotopic (exact) mass is 454 g/mol. The zero-order valence-electron chi connectivity index (χ0n) is 17.0. The van der Waals surface area contributed by atoms with Gasteiger partial charge in [-0.05, 0) is 48.4 Å². The number of methoxy groups -OCH3 is 1. The molecule has 0 saturated carbocycles. The van der Waals surface area contributed by atoms with E-state index in [2.05, 4.69) is 63.9 Å². The SMILES string of the molecule is CCCCN(Cc1cccn1Cc1ccc(Br)cc1)C(=O)c1ccccc1OC. The quantitative estimate of drug-likeness (QED) is 0.412. The van der Waals surface area contributed by atoms with Gasteiger partial charge in [-0.2, -0.15) is 0 Å². The predicted octanol–water partition coefficient (Wildman–Crippen LogP) is 5.75. The molecule has 0 aliphatic rings. The number of para-hydroxylation sites is 1. The topological polar surface area (TPSA) is 34.5 Å². The maximum absolute atomic E-state index is 13.3. The van der Waals surface area contributed by atoms with Crippen LogP contribution >= 0.6 is 15.9 Å². The normalized spacial score (nSPS) is 10.7. The summed E-state index contributed by atoms with van der Waals surface area (Å²) in [7, 11) is 1.60. The average molecular weight is 455 g/mol. The number of hydrogen-bond donors (Lipinski definition) is 0. The van der Waals surface area contributed by atoms with E-state index in [1.54, 1.807) is 7.11 Å². The number of rotatable bonds is 9. The Labute approximate surface area is 181 Å². The number of amides is 1. The largest absolute Gasteiger partial charge is 0.496 e. The molecule has 3 rings (SSSR count). The molecule has 3 aromatic rings. The van der Waals surface area contributed by atoms with Crippen LogP contribution in [0.2, 0.25) is 0 Å². The molecule has 1 aromatic heterocycles. The van der Waals surface area contributed by atoms with E-state index in [-0.39, 0.29) is 5.91 Å². The van der Waals surface area contributed by atoms with Gasteiger partial charge in [-0.15, -0.1) is 0 Å². The zero-order chi connectivity index (χ0) is 20.6. The van der Waals surface area contributed by atoms with Crippen molar-refractivity contribution >= 4 is 21.8 Å². The molecule has 0 fully saturated rings. The molecule has 0 bridgehead atoms. The van der Waals surface area contributed by atoms with Crippen LogP contribution in [0.4, 0.5) is 0 Å². The highest BCUT2D eigenvalue weighted by molar-refractivity contribution is 9.10. The van der Waals surface area contributed by atoms with Crippen LogP contribution < -0.4 is 4.74 Å². The van der Waals surface area contributed by atoms with Gasteiger partial charge in [0.2, 0.25) is 0 Å². The molecule has 0 atom stereocenters. The number of benzene rings is 2. The fourth-order valence-corrected chi connectivity index (χ4v) is 3.59. The fraction of sp³-hybridized carbons (Fsp3) is 0.292. The number of nitrogens with zero attached hydrogens (tertiary/aromatic N) is 2. The van der Waals surface area contributed by atoms with Crippen LogP contribution in [-0.2, 0) is 13.1 Å². The van der Waals surface area contributed by atoms with Gasteiger partial charge in [-0.1, -0.05) is 53.5 Å². The molecule has 0 saturated heterocycles. The first kappa shape index (κ1) is 21.2. The fourth-order valence-electron chi connectivity index (χ4n) is 3.32. The van der Waals surface area contributed by atoms with Crippen molar-refractivity contribution in [3.63, 3.8) is 0 Å². The minimum Gasteiger partial charge on any atom is -0.496 e. The Morgan fingerprint density at radius 2 is 1.83 bits per heavy atom. The summed E-state index contributed by atoms with van der Waals surface area (Å²) in [6, 6.07) is 19.9. The third-order valence-electron chi connectivity index (χ3n) is 4.95. The van der Waals surface area contributed by atoms with E-state index in [1.165, 1.54) is 5.56 Å². The van der Waals surface area contributed by atoms with Crippen LogP contribution in [0.15, 0.2) is 71.3 Å². The highest BCUT2D eigenvalue weighted by Gasteiger charge is 2.20. The lowest BCUT2D eigenvalue weighted by molar-refractivity contribution is 0.0734. The molecule has 0 aliphatic carbocycles. The third-order valence-corrected chi connectivity index (χ3v) is 5.48. The predicted molar refractivity (Wildman–Crippen MR) is 120 cm³/mol. The molecule has 0 radical (unpaired) electrons. The van der Waals surface area contributed by atoms with E-state index < -0.39 is 0 Å². The second-order valence-electron chi connectivity index (χ2n) is 7.03. The molecule has 0 unspecified atom stereocenters. The zero-order valence-corrected chi connectivity index (χ0v) is 18.6. The van der Waals surface area contributed by atoms with Gasteiger partial charge < -0.3 is 14.2 Å². The van der Waals surface area contributed by atoms with Crippen LogP contribution in [-0.4, -0.2) is 29.0 Å². The van der Waals surface area contributed by atoms with Gasteiger partial charge in [0.25, 0.3) is 5.91 Å². The highest BCUT2D eigenvalue weighted by Crippen LogP contribution is 2.21. The highest BCUT2D eigenvalue weighted by atomic mass is 79.9. The molecule has 1 amide bonds. The molecule has 4 nitrogen and oxygen atoms in total. The molecule has 5 heteroatoms. The summed E-state index contributed by atoms with van der Waals surface area (Å²) >= 11 is 3.48. The van der Waals surface area contributed by atoms with Crippen LogP contribution in [0.25, 0.3) is 0 Å². The van der Waals surface area contributed by atoms with Crippen molar-refractivity contribution < 1.29 is 9.53 Å². The summed E-state index contributed by atoms with van der Waals surface area (Å²) in [5.41, 5.74) is 2.95. The molecule has 0 N–H and O–H groups in total. The summed E-state index contributed by atoms with van der Waals surface area (Å²) in [4.78, 5) is 15.2. The number of halogens is 1. The number of carbonyl (C=O) groups excluding carboxylic acids is 1. The van der Waals surface area contributed by atoms with Gasteiger partial charge in [0.05, 0.1) is 19.2 Å². The Hall–Kier alpha value is -2.53. The Morgan fingerprint density at radius 1 is 1.07 bits per heavy atom. The lowest BCUT2D eigenvalue weighted by Crippen LogP contribution is -2.32. The lowest BCUT2D eigenvalue weighted by Gasteiger charge is -2.24. The minimum absolute atomic E-state index is 0.00675. The Bertz CT molecular complexity index is 934. The molecule has 0 spiro atoms. The standard InChI is InChI=1S/C24H27BrN2O2/c1-3-4-15-27(24(28)22-9-5-6-10-23(22)29-2)18-21-8-7-16-26(21)17-19-11-13-20(25)14-12-19/h5-14,16H,3-4,15,17-18H2,1-2H3. The maximum atomic E-state index is 13.3. The van der Waals surface area contributed by atoms with Crippen molar-refractivity contribution in [2.45, 2.75) is 32.9 Å². The van der Waals surface area contributed by atoms with Crippen molar-refractivity contribution in [1.82, 2.24) is 9.47 Å². The van der Waals surface area contributed by atoms with Gasteiger partial charge >= 0.3 is 0 Å². The Kier molecular flexibility index (Phi) is 7.53. The maximum Gasteiger partial charge on any atom is 0.257 e. The first-order valence-electron chi connectivity index (χ1n) is 9.93. The van der Waals surface area contributed by atoms with E-state index in [0.29, 0.717) is 17.9 Å². The van der Waals surface area contributed by atoms with Crippen LogP contribution in [0, 0.1) is 0 Å². The van der Waals surface area contributed by atoms with Crippen molar-refractivity contribution in [1.29, 1.82) is 0 Å². The molecular formula is C24H27BrN2O2. The molecule has 29 heavy (non-hydrogen) atoms. The van der Waals surface area contributed by atoms with E-state index >= 15 is 0 Å². The van der Waals surface area contributed by atoms with Crippen molar-refractivity contribution in [2.75, 3.05) is 13.7 Å². The number of ether oxygens (including phenoxy) is 1. The summed E-state index contributed by atoms with van der Waals surface area (Å²) in [5.74, 6) is 0.622. The molecular weight excluding hydrogens is 428 g/mol. The van der Waals surface area contributed by atoms with Crippen LogP contribution in [0.1, 0.15) is 41.4 Å². The van der Waals surface area contributed by atoms with E-state index in [9.17, 15) is 4.79 Å². The van der Waals surface area contributed by atoms with Gasteiger partial charge in [-0.3, -0.25) is 4.79 Å². The molecule has 2 aromatic carbocycles. The second-order valence-corrected chi connectivity index (χ2v) is 7.95. The molecule has 1 heterocycles. The van der Waals surface area contributed by atoms with E-state index in [1.807, 2.05) is 35.2 Å². The third kappa shape index (κ3) is 5.51. The second kappa shape index (κ2) is 10.3. The average Bonchev–Trinajstić information content (AvgIpc) is 3.18. The number of carbonyl (C=O) groups is 1. The number of hydrogen-bond acceptors (Lipinski definition) is 2. The van der Waals surface area contributed by atoms with Gasteiger partial charge in [-0.25, -0.2) is 0 Å². The Morgan fingerprint density at radius 3 is 2.55 bits per heavy atom. The van der Waals surface area contributed by atoms with Gasteiger partial charge in [0.1, 0.15) is 5.75 Å². The smallest absolute Gasteiger partial charge is 0.257 e. The first-order valence-corrected chi connectivity index (χ1v) is 10.7. The number of unbranched alkanes of at least 4 members (excludes halogenated alkanes) is 1.